The number of carbonyl (C=O) groups is 2. The minimum absolute atomic E-state index is 0.169. The molecule has 29 heavy (non-hydrogen) atoms. The molecule has 7 heteroatoms. The minimum Gasteiger partial charge on any atom is -0.454 e. The van der Waals surface area contributed by atoms with E-state index in [1.807, 2.05) is 0 Å². The molecule has 2 aromatic rings. The van der Waals surface area contributed by atoms with Crippen molar-refractivity contribution in [1.29, 1.82) is 0 Å². The van der Waals surface area contributed by atoms with Crippen LogP contribution in [0.5, 0.6) is 11.5 Å². The normalized spacial score (nSPS) is 14.8. The number of amides is 2. The third kappa shape index (κ3) is 4.74. The number of hydrogen-bond donors (Lipinski definition) is 2. The molecule has 2 aliphatic rings. The van der Waals surface area contributed by atoms with Crippen LogP contribution >= 0.6 is 0 Å². The molecule has 0 saturated heterocycles. The number of nitrogens with zero attached hydrogens (tertiary/aromatic N) is 1. The van der Waals surface area contributed by atoms with Crippen LogP contribution in [-0.2, 0) is 0 Å². The Morgan fingerprint density at radius 3 is 2.79 bits per heavy atom. The summed E-state index contributed by atoms with van der Waals surface area (Å²) in [5.41, 5.74) is 2.56. The lowest BCUT2D eigenvalue weighted by Crippen LogP contribution is -2.25. The Labute approximate surface area is 169 Å². The van der Waals surface area contributed by atoms with E-state index in [1.165, 1.54) is 30.7 Å². The highest BCUT2D eigenvalue weighted by atomic mass is 16.7. The van der Waals surface area contributed by atoms with Gasteiger partial charge in [0.1, 0.15) is 5.69 Å². The van der Waals surface area contributed by atoms with Gasteiger partial charge in [0.15, 0.2) is 11.5 Å². The number of carbonyl (C=O) groups excluding carboxylic acids is 2. The van der Waals surface area contributed by atoms with Gasteiger partial charge in [-0.15, -0.1) is 0 Å². The lowest BCUT2D eigenvalue weighted by Gasteiger charge is -2.13. The maximum atomic E-state index is 12.5. The van der Waals surface area contributed by atoms with E-state index in [0.29, 0.717) is 29.3 Å². The average molecular weight is 393 g/mol. The molecule has 2 heterocycles. The van der Waals surface area contributed by atoms with Gasteiger partial charge in [-0.1, -0.05) is 11.6 Å². The highest BCUT2D eigenvalue weighted by Gasteiger charge is 2.16. The Morgan fingerprint density at radius 2 is 1.93 bits per heavy atom. The van der Waals surface area contributed by atoms with Crippen molar-refractivity contribution in [1.82, 2.24) is 10.3 Å². The monoisotopic (exact) mass is 393 g/mol. The molecule has 0 fully saturated rings. The van der Waals surface area contributed by atoms with Crippen LogP contribution in [0.25, 0.3) is 0 Å². The molecular formula is C22H23N3O4. The second kappa shape index (κ2) is 8.77. The molecule has 150 valence electrons. The molecule has 0 saturated carbocycles. The van der Waals surface area contributed by atoms with Crippen LogP contribution in [0.15, 0.2) is 48.2 Å². The highest BCUT2D eigenvalue weighted by Crippen LogP contribution is 2.34. The van der Waals surface area contributed by atoms with E-state index in [2.05, 4.69) is 21.7 Å². The van der Waals surface area contributed by atoms with Crippen LogP contribution in [-0.4, -0.2) is 30.1 Å². The Morgan fingerprint density at radius 1 is 1.03 bits per heavy atom. The SMILES string of the molecule is O=C(NCCC1=CCCCC1)c1ccnc(C(=O)Nc2ccc3c(c2)OCO3)c1. The summed E-state index contributed by atoms with van der Waals surface area (Å²) in [6.45, 7) is 0.758. The predicted molar refractivity (Wildman–Crippen MR) is 108 cm³/mol. The molecule has 2 N–H and O–H groups in total. The van der Waals surface area contributed by atoms with Gasteiger partial charge in [-0.05, 0) is 56.4 Å². The number of fused-ring (bicyclic) bond motifs is 1. The summed E-state index contributed by atoms with van der Waals surface area (Å²) < 4.78 is 10.6. The summed E-state index contributed by atoms with van der Waals surface area (Å²) in [6, 6.07) is 8.25. The Hall–Kier alpha value is -3.35. The first-order valence-corrected chi connectivity index (χ1v) is 9.82. The van der Waals surface area contributed by atoms with Crippen molar-refractivity contribution in [3.8, 4) is 11.5 Å². The fourth-order valence-electron chi connectivity index (χ4n) is 3.44. The van der Waals surface area contributed by atoms with Crippen LogP contribution in [0.4, 0.5) is 5.69 Å². The van der Waals surface area contributed by atoms with E-state index in [0.717, 1.165) is 19.3 Å². The van der Waals surface area contributed by atoms with E-state index in [9.17, 15) is 9.59 Å². The van der Waals surface area contributed by atoms with Crippen LogP contribution in [0, 0.1) is 0 Å². The molecule has 0 spiro atoms. The minimum atomic E-state index is -0.397. The molecule has 7 nitrogen and oxygen atoms in total. The zero-order chi connectivity index (χ0) is 20.1. The Kier molecular flexibility index (Phi) is 5.74. The van der Waals surface area contributed by atoms with E-state index < -0.39 is 5.91 Å². The summed E-state index contributed by atoms with van der Waals surface area (Å²) >= 11 is 0. The first-order valence-electron chi connectivity index (χ1n) is 9.82. The lowest BCUT2D eigenvalue weighted by molar-refractivity contribution is 0.0954. The molecule has 0 unspecified atom stereocenters. The van der Waals surface area contributed by atoms with Crippen molar-refractivity contribution in [2.45, 2.75) is 32.1 Å². The van der Waals surface area contributed by atoms with Crippen molar-refractivity contribution in [2.24, 2.45) is 0 Å². The summed E-state index contributed by atoms with van der Waals surface area (Å²) in [5, 5.41) is 5.68. The second-order valence-electron chi connectivity index (χ2n) is 7.07. The maximum absolute atomic E-state index is 12.5. The largest absolute Gasteiger partial charge is 0.454 e. The number of rotatable bonds is 6. The fraction of sp³-hybridized carbons (Fsp3) is 0.318. The van der Waals surface area contributed by atoms with E-state index in [4.69, 9.17) is 9.47 Å². The number of ether oxygens (including phenoxy) is 2. The summed E-state index contributed by atoms with van der Waals surface area (Å²) in [4.78, 5) is 29.0. The van der Waals surface area contributed by atoms with Crippen LogP contribution in [0.2, 0.25) is 0 Å². The number of anilines is 1. The predicted octanol–water partition coefficient (Wildman–Crippen LogP) is 3.68. The third-order valence-corrected chi connectivity index (χ3v) is 5.00. The van der Waals surface area contributed by atoms with Crippen LogP contribution in [0.1, 0.15) is 53.0 Å². The molecule has 0 bridgehead atoms. The van der Waals surface area contributed by atoms with Gasteiger partial charge in [-0.3, -0.25) is 14.6 Å². The summed E-state index contributed by atoms with van der Waals surface area (Å²) in [5.74, 6) is 0.618. The van der Waals surface area contributed by atoms with Gasteiger partial charge in [-0.2, -0.15) is 0 Å². The van der Waals surface area contributed by atoms with Gasteiger partial charge in [0.05, 0.1) is 0 Å². The lowest BCUT2D eigenvalue weighted by atomic mass is 9.97. The van der Waals surface area contributed by atoms with Gasteiger partial charge >= 0.3 is 0 Å². The van der Waals surface area contributed by atoms with Gasteiger partial charge in [0.2, 0.25) is 6.79 Å². The Balaban J connectivity index is 1.35. The topological polar surface area (TPSA) is 89.6 Å². The highest BCUT2D eigenvalue weighted by molar-refractivity contribution is 6.04. The number of benzene rings is 1. The number of aromatic nitrogens is 1. The quantitative estimate of drug-likeness (QED) is 0.731. The molecular weight excluding hydrogens is 370 g/mol. The maximum Gasteiger partial charge on any atom is 0.274 e. The molecule has 1 aromatic carbocycles. The first kappa shape index (κ1) is 19.0. The van der Waals surface area contributed by atoms with Crippen molar-refractivity contribution in [3.63, 3.8) is 0 Å². The summed E-state index contributed by atoms with van der Waals surface area (Å²) in [7, 11) is 0. The average Bonchev–Trinajstić information content (AvgIpc) is 3.22. The number of allylic oxidation sites excluding steroid dienone is 1. The zero-order valence-corrected chi connectivity index (χ0v) is 16.1. The molecule has 2 amide bonds. The van der Waals surface area contributed by atoms with Gasteiger partial charge < -0.3 is 20.1 Å². The van der Waals surface area contributed by atoms with Crippen molar-refractivity contribution < 1.29 is 19.1 Å². The van der Waals surface area contributed by atoms with E-state index >= 15 is 0 Å². The standard InChI is InChI=1S/C22H23N3O4/c26-21(24-10-8-15-4-2-1-3-5-15)16-9-11-23-18(12-16)22(27)25-17-6-7-19-20(13-17)29-14-28-19/h4,6-7,9,11-13H,1-3,5,8,10,14H2,(H,24,26)(H,25,27). The van der Waals surface area contributed by atoms with Crippen molar-refractivity contribution >= 4 is 17.5 Å². The molecule has 1 aliphatic heterocycles. The molecule has 0 atom stereocenters. The van der Waals surface area contributed by atoms with Crippen molar-refractivity contribution in [2.75, 3.05) is 18.7 Å². The van der Waals surface area contributed by atoms with Crippen LogP contribution < -0.4 is 20.1 Å². The summed E-state index contributed by atoms with van der Waals surface area (Å²) in [6.07, 6.45) is 9.35. The van der Waals surface area contributed by atoms with Crippen molar-refractivity contribution in [3.05, 3.63) is 59.4 Å². The van der Waals surface area contributed by atoms with Gasteiger partial charge in [0, 0.05) is 30.1 Å². The Bertz CT molecular complexity index is 955. The number of nitrogens with one attached hydrogen (secondary N) is 2. The van der Waals surface area contributed by atoms with Gasteiger partial charge in [0.25, 0.3) is 11.8 Å². The van der Waals surface area contributed by atoms with E-state index in [1.54, 1.807) is 24.3 Å². The zero-order valence-electron chi connectivity index (χ0n) is 16.1. The molecule has 1 aliphatic carbocycles. The van der Waals surface area contributed by atoms with Crippen LogP contribution in [0.3, 0.4) is 0 Å². The smallest absolute Gasteiger partial charge is 0.274 e. The molecule has 1 aromatic heterocycles. The molecule has 0 radical (unpaired) electrons. The molecule has 4 rings (SSSR count). The number of hydrogen-bond acceptors (Lipinski definition) is 5. The first-order chi connectivity index (χ1) is 14.2. The van der Waals surface area contributed by atoms with Gasteiger partial charge in [-0.25, -0.2) is 0 Å². The van der Waals surface area contributed by atoms with E-state index in [-0.39, 0.29) is 18.4 Å². The fourth-order valence-corrected chi connectivity index (χ4v) is 3.44. The third-order valence-electron chi connectivity index (χ3n) is 5.00. The number of pyridine rings is 1. The second-order valence-corrected chi connectivity index (χ2v) is 7.07.